The number of ether oxygens (including phenoxy) is 1. The highest BCUT2D eigenvalue weighted by molar-refractivity contribution is 5.95. The van der Waals surface area contributed by atoms with Crippen molar-refractivity contribution in [3.8, 4) is 0 Å². The fourth-order valence-electron chi connectivity index (χ4n) is 1.59. The molecule has 0 spiro atoms. The van der Waals surface area contributed by atoms with Crippen molar-refractivity contribution in [2.75, 3.05) is 13.7 Å². The third-order valence-electron chi connectivity index (χ3n) is 2.66. The largest absolute Gasteiger partial charge is 0.467 e. The number of nitrogens with two attached hydrogens (primary N) is 1. The molecule has 1 rings (SSSR count). The third kappa shape index (κ3) is 4.06. The maximum atomic E-state index is 12.0. The maximum absolute atomic E-state index is 12.0. The minimum absolute atomic E-state index is 0.0671. The van der Waals surface area contributed by atoms with Crippen molar-refractivity contribution < 1.29 is 14.3 Å². The monoisotopic (exact) mass is 268 g/mol. The van der Waals surface area contributed by atoms with Crippen LogP contribution < -0.4 is 11.1 Å². The molecule has 1 aromatic heterocycles. The standard InChI is InChI=1S/C12H20N4O3/c1-8(2)10(12(18)19-3)15-11(17)9-6-16(5-4-13)7-14-9/h6-8,10H,4-5,13H2,1-3H3,(H,15,17). The summed E-state index contributed by atoms with van der Waals surface area (Å²) in [5, 5.41) is 2.62. The smallest absolute Gasteiger partial charge is 0.328 e. The molecule has 1 amide bonds. The van der Waals surface area contributed by atoms with E-state index in [9.17, 15) is 9.59 Å². The second-order valence-electron chi connectivity index (χ2n) is 4.50. The second-order valence-corrected chi connectivity index (χ2v) is 4.50. The second kappa shape index (κ2) is 6.89. The molecule has 1 unspecified atom stereocenters. The number of methoxy groups -OCH3 is 1. The predicted molar refractivity (Wildman–Crippen MR) is 69.4 cm³/mol. The predicted octanol–water partition coefficient (Wildman–Crippen LogP) is -0.231. The molecule has 7 heteroatoms. The molecular formula is C12H20N4O3. The van der Waals surface area contributed by atoms with E-state index in [1.54, 1.807) is 10.8 Å². The summed E-state index contributed by atoms with van der Waals surface area (Å²) in [7, 11) is 1.29. The number of rotatable bonds is 6. The summed E-state index contributed by atoms with van der Waals surface area (Å²) < 4.78 is 6.38. The summed E-state index contributed by atoms with van der Waals surface area (Å²) >= 11 is 0. The highest BCUT2D eigenvalue weighted by Gasteiger charge is 2.26. The number of hydrogen-bond donors (Lipinski definition) is 2. The summed E-state index contributed by atoms with van der Waals surface area (Å²) in [6.07, 6.45) is 3.13. The zero-order chi connectivity index (χ0) is 14.4. The lowest BCUT2D eigenvalue weighted by molar-refractivity contribution is -0.144. The summed E-state index contributed by atoms with van der Waals surface area (Å²) in [6, 6.07) is -0.683. The van der Waals surface area contributed by atoms with Gasteiger partial charge in [-0.3, -0.25) is 4.79 Å². The Kier molecular flexibility index (Phi) is 5.50. The van der Waals surface area contributed by atoms with Crippen molar-refractivity contribution in [3.05, 3.63) is 18.2 Å². The Balaban J connectivity index is 2.73. The van der Waals surface area contributed by atoms with Gasteiger partial charge in [0.2, 0.25) is 0 Å². The van der Waals surface area contributed by atoms with Crippen molar-refractivity contribution >= 4 is 11.9 Å². The Bertz CT molecular complexity index is 442. The summed E-state index contributed by atoms with van der Waals surface area (Å²) in [6.45, 7) is 4.71. The molecule has 1 heterocycles. The SMILES string of the molecule is COC(=O)C(NC(=O)c1cn(CCN)cn1)C(C)C. The first-order valence-corrected chi connectivity index (χ1v) is 6.10. The van der Waals surface area contributed by atoms with Crippen LogP contribution in [0.1, 0.15) is 24.3 Å². The van der Waals surface area contributed by atoms with E-state index in [0.29, 0.717) is 13.1 Å². The quantitative estimate of drug-likeness (QED) is 0.694. The number of imidazole rings is 1. The molecule has 7 nitrogen and oxygen atoms in total. The van der Waals surface area contributed by atoms with E-state index in [4.69, 9.17) is 5.73 Å². The molecule has 106 valence electrons. The summed E-state index contributed by atoms with van der Waals surface area (Å²) in [4.78, 5) is 27.5. The van der Waals surface area contributed by atoms with E-state index in [2.05, 4.69) is 15.0 Å². The molecule has 0 bridgehead atoms. The molecule has 0 aliphatic rings. The van der Waals surface area contributed by atoms with Gasteiger partial charge in [0.25, 0.3) is 5.91 Å². The molecule has 0 fully saturated rings. The van der Waals surface area contributed by atoms with E-state index in [0.717, 1.165) is 0 Å². The van der Waals surface area contributed by atoms with Crippen molar-refractivity contribution in [1.82, 2.24) is 14.9 Å². The van der Waals surface area contributed by atoms with Gasteiger partial charge >= 0.3 is 5.97 Å². The first-order valence-electron chi connectivity index (χ1n) is 6.10. The third-order valence-corrected chi connectivity index (χ3v) is 2.66. The van der Waals surface area contributed by atoms with Gasteiger partial charge in [0.1, 0.15) is 11.7 Å². The van der Waals surface area contributed by atoms with Gasteiger partial charge in [0.05, 0.1) is 13.4 Å². The van der Waals surface area contributed by atoms with E-state index in [1.807, 2.05) is 13.8 Å². The average Bonchev–Trinajstić information content (AvgIpc) is 2.83. The normalized spacial score (nSPS) is 12.3. The lowest BCUT2D eigenvalue weighted by Crippen LogP contribution is -2.45. The highest BCUT2D eigenvalue weighted by atomic mass is 16.5. The molecule has 19 heavy (non-hydrogen) atoms. The Morgan fingerprint density at radius 1 is 1.53 bits per heavy atom. The first kappa shape index (κ1) is 15.2. The number of nitrogens with zero attached hydrogens (tertiary/aromatic N) is 2. The molecule has 0 aliphatic carbocycles. The Labute approximate surface area is 112 Å². The van der Waals surface area contributed by atoms with Gasteiger partial charge in [-0.2, -0.15) is 0 Å². The summed E-state index contributed by atoms with van der Waals surface area (Å²) in [5.41, 5.74) is 5.67. The van der Waals surface area contributed by atoms with E-state index in [1.165, 1.54) is 13.4 Å². The number of aromatic nitrogens is 2. The topological polar surface area (TPSA) is 99.2 Å². The van der Waals surface area contributed by atoms with Crippen molar-refractivity contribution in [1.29, 1.82) is 0 Å². The van der Waals surface area contributed by atoms with Crippen LogP contribution in [0.2, 0.25) is 0 Å². The maximum Gasteiger partial charge on any atom is 0.328 e. The van der Waals surface area contributed by atoms with Crippen LogP contribution in [0.4, 0.5) is 0 Å². The lowest BCUT2D eigenvalue weighted by atomic mass is 10.0. The fourth-order valence-corrected chi connectivity index (χ4v) is 1.59. The molecule has 1 atom stereocenters. The van der Waals surface area contributed by atoms with Gasteiger partial charge in [0, 0.05) is 19.3 Å². The number of carbonyl (C=O) groups is 2. The van der Waals surface area contributed by atoms with Crippen LogP contribution in [-0.2, 0) is 16.1 Å². The zero-order valence-electron chi connectivity index (χ0n) is 11.4. The average molecular weight is 268 g/mol. The van der Waals surface area contributed by atoms with Gasteiger partial charge in [-0.05, 0) is 5.92 Å². The Hall–Kier alpha value is -1.89. The van der Waals surface area contributed by atoms with Crippen molar-refractivity contribution in [2.45, 2.75) is 26.4 Å². The minimum Gasteiger partial charge on any atom is -0.467 e. The van der Waals surface area contributed by atoms with Crippen molar-refractivity contribution in [2.24, 2.45) is 11.7 Å². The zero-order valence-corrected chi connectivity index (χ0v) is 11.4. The molecule has 0 saturated carbocycles. The first-order chi connectivity index (χ1) is 8.99. The van der Waals surface area contributed by atoms with Crippen LogP contribution in [0.25, 0.3) is 0 Å². The highest BCUT2D eigenvalue weighted by Crippen LogP contribution is 2.05. The molecule has 0 aliphatic heterocycles. The van der Waals surface area contributed by atoms with Crippen LogP contribution >= 0.6 is 0 Å². The van der Waals surface area contributed by atoms with Gasteiger partial charge in [-0.25, -0.2) is 9.78 Å². The van der Waals surface area contributed by atoms with Crippen LogP contribution in [0.15, 0.2) is 12.5 Å². The van der Waals surface area contributed by atoms with E-state index < -0.39 is 17.9 Å². The molecule has 0 radical (unpaired) electrons. The number of carbonyl (C=O) groups excluding carboxylic acids is 2. The fraction of sp³-hybridized carbons (Fsp3) is 0.583. The molecular weight excluding hydrogens is 248 g/mol. The number of esters is 1. The minimum atomic E-state index is -0.683. The van der Waals surface area contributed by atoms with E-state index >= 15 is 0 Å². The number of hydrogen-bond acceptors (Lipinski definition) is 5. The van der Waals surface area contributed by atoms with Crippen LogP contribution in [0.5, 0.6) is 0 Å². The van der Waals surface area contributed by atoms with Crippen LogP contribution in [-0.4, -0.2) is 41.1 Å². The molecule has 1 aromatic rings. The van der Waals surface area contributed by atoms with Gasteiger partial charge < -0.3 is 20.4 Å². The van der Waals surface area contributed by atoms with Gasteiger partial charge in [-0.15, -0.1) is 0 Å². The van der Waals surface area contributed by atoms with Gasteiger partial charge in [-0.1, -0.05) is 13.8 Å². The molecule has 3 N–H and O–H groups in total. The number of nitrogens with one attached hydrogen (secondary N) is 1. The Morgan fingerprint density at radius 3 is 2.74 bits per heavy atom. The summed E-state index contributed by atoms with van der Waals surface area (Å²) in [5.74, 6) is -0.938. The van der Waals surface area contributed by atoms with Crippen LogP contribution in [0, 0.1) is 5.92 Å². The Morgan fingerprint density at radius 2 is 2.21 bits per heavy atom. The molecule has 0 saturated heterocycles. The van der Waals surface area contributed by atoms with Crippen LogP contribution in [0.3, 0.4) is 0 Å². The van der Waals surface area contributed by atoms with E-state index in [-0.39, 0.29) is 11.6 Å². The lowest BCUT2D eigenvalue weighted by Gasteiger charge is -2.19. The van der Waals surface area contributed by atoms with Crippen molar-refractivity contribution in [3.63, 3.8) is 0 Å². The number of amides is 1. The molecule has 0 aromatic carbocycles. The van der Waals surface area contributed by atoms with Gasteiger partial charge in [0.15, 0.2) is 0 Å².